The number of rotatable bonds is 8. The molecule has 2 heterocycles. The van der Waals surface area contributed by atoms with Crippen LogP contribution in [0.2, 0.25) is 0 Å². The van der Waals surface area contributed by atoms with E-state index in [0.717, 1.165) is 12.8 Å². The van der Waals surface area contributed by atoms with Crippen LogP contribution >= 0.6 is 0 Å². The van der Waals surface area contributed by atoms with E-state index in [2.05, 4.69) is 0 Å². The van der Waals surface area contributed by atoms with Crippen LogP contribution in [-0.2, 0) is 28.5 Å². The van der Waals surface area contributed by atoms with Gasteiger partial charge in [-0.05, 0) is 26.7 Å². The average Bonchev–Trinajstić information content (AvgIpc) is 2.81. The lowest BCUT2D eigenvalue weighted by Gasteiger charge is -2.45. The van der Waals surface area contributed by atoms with Crippen molar-refractivity contribution in [2.45, 2.75) is 119 Å². The molecule has 0 spiro atoms. The van der Waals surface area contributed by atoms with E-state index in [4.69, 9.17) is 28.8 Å². The standard InChI is InChI=1S/C21H36O13/c1-8-13(23)15(25)16(26)20(31-8)32-10-5-3-4-6-11(10)33-21-17(27)18(30-9(2)19(28)29)14(24)12(7-22)34-21/h8-18,20-27H,3-7H2,1-2H3,(H,28,29)/t8-,9-,10+,11+,12+,13+,14-,15+,16-,17+,18-,20-,21+/m0/s1. The van der Waals surface area contributed by atoms with Crippen molar-refractivity contribution in [2.75, 3.05) is 6.61 Å². The molecule has 1 saturated carbocycles. The molecule has 198 valence electrons. The zero-order valence-electron chi connectivity index (χ0n) is 19.1. The van der Waals surface area contributed by atoms with E-state index in [1.165, 1.54) is 13.8 Å². The van der Waals surface area contributed by atoms with E-state index in [9.17, 15) is 35.4 Å². The number of hydrogen-bond donors (Lipinski definition) is 7. The Labute approximate surface area is 196 Å². The van der Waals surface area contributed by atoms with E-state index in [-0.39, 0.29) is 0 Å². The maximum atomic E-state index is 11.2. The first-order chi connectivity index (χ1) is 16.0. The van der Waals surface area contributed by atoms with Crippen LogP contribution in [0.25, 0.3) is 0 Å². The molecule has 13 nitrogen and oxygen atoms in total. The fourth-order valence-corrected chi connectivity index (χ4v) is 4.46. The van der Waals surface area contributed by atoms with Crippen molar-refractivity contribution in [1.29, 1.82) is 0 Å². The van der Waals surface area contributed by atoms with Gasteiger partial charge in [0, 0.05) is 0 Å². The molecule has 1 aliphatic carbocycles. The number of aliphatic carboxylic acids is 1. The first kappa shape index (κ1) is 27.6. The Balaban J connectivity index is 1.70. The second kappa shape index (κ2) is 11.8. The fourth-order valence-electron chi connectivity index (χ4n) is 4.46. The van der Waals surface area contributed by atoms with Crippen LogP contribution in [0, 0.1) is 0 Å². The van der Waals surface area contributed by atoms with Crippen LogP contribution in [0.3, 0.4) is 0 Å². The van der Waals surface area contributed by atoms with Crippen molar-refractivity contribution in [3.8, 4) is 0 Å². The van der Waals surface area contributed by atoms with Gasteiger partial charge in [0.2, 0.25) is 0 Å². The molecule has 2 saturated heterocycles. The van der Waals surface area contributed by atoms with Crippen LogP contribution < -0.4 is 0 Å². The minimum absolute atomic E-state index is 0.490. The lowest BCUT2D eigenvalue weighted by atomic mass is 9.93. The first-order valence-corrected chi connectivity index (χ1v) is 11.6. The molecule has 0 aromatic heterocycles. The topological polar surface area (TPSA) is 205 Å². The maximum Gasteiger partial charge on any atom is 0.332 e. The van der Waals surface area contributed by atoms with E-state index in [0.29, 0.717) is 12.8 Å². The third-order valence-electron chi connectivity index (χ3n) is 6.60. The third kappa shape index (κ3) is 6.05. The molecule has 0 unspecified atom stereocenters. The van der Waals surface area contributed by atoms with Crippen LogP contribution in [0.4, 0.5) is 0 Å². The van der Waals surface area contributed by atoms with Gasteiger partial charge >= 0.3 is 5.97 Å². The normalized spacial score (nSPS) is 46.7. The molecule has 3 rings (SSSR count). The predicted molar refractivity (Wildman–Crippen MR) is 110 cm³/mol. The fraction of sp³-hybridized carbons (Fsp3) is 0.952. The zero-order chi connectivity index (χ0) is 25.2. The van der Waals surface area contributed by atoms with Gasteiger partial charge in [0.15, 0.2) is 18.7 Å². The van der Waals surface area contributed by atoms with Crippen LogP contribution in [0.1, 0.15) is 39.5 Å². The van der Waals surface area contributed by atoms with Crippen LogP contribution in [-0.4, -0.2) is 128 Å². The highest BCUT2D eigenvalue weighted by Crippen LogP contribution is 2.33. The highest BCUT2D eigenvalue weighted by atomic mass is 16.7. The molecule has 7 N–H and O–H groups in total. The molecule has 34 heavy (non-hydrogen) atoms. The van der Waals surface area contributed by atoms with E-state index in [1.807, 2.05) is 0 Å². The van der Waals surface area contributed by atoms with Gasteiger partial charge in [-0.15, -0.1) is 0 Å². The molecule has 0 amide bonds. The molecule has 0 aromatic carbocycles. The number of hydrogen-bond acceptors (Lipinski definition) is 12. The molecule has 2 aliphatic heterocycles. The number of carboxylic acid groups (broad SMARTS) is 1. The molecule has 0 bridgehead atoms. The van der Waals surface area contributed by atoms with Gasteiger partial charge in [-0.3, -0.25) is 0 Å². The average molecular weight is 497 g/mol. The smallest absolute Gasteiger partial charge is 0.332 e. The second-order valence-electron chi connectivity index (χ2n) is 9.10. The minimum atomic E-state index is -1.57. The lowest BCUT2D eigenvalue weighted by molar-refractivity contribution is -0.344. The third-order valence-corrected chi connectivity index (χ3v) is 6.60. The number of carboxylic acids is 1. The Bertz CT molecular complexity index is 665. The highest BCUT2D eigenvalue weighted by Gasteiger charge is 2.49. The van der Waals surface area contributed by atoms with Gasteiger partial charge in [-0.1, -0.05) is 12.8 Å². The van der Waals surface area contributed by atoms with Crippen molar-refractivity contribution in [1.82, 2.24) is 0 Å². The summed E-state index contributed by atoms with van der Waals surface area (Å²) in [5.74, 6) is -1.29. The summed E-state index contributed by atoms with van der Waals surface area (Å²) < 4.78 is 28.2. The molecule has 0 aromatic rings. The molecular weight excluding hydrogens is 460 g/mol. The Kier molecular flexibility index (Phi) is 9.62. The van der Waals surface area contributed by atoms with Crippen molar-refractivity contribution >= 4 is 5.97 Å². The molecule has 13 heteroatoms. The van der Waals surface area contributed by atoms with Gasteiger partial charge < -0.3 is 59.4 Å². The Morgan fingerprint density at radius 3 is 1.97 bits per heavy atom. The Morgan fingerprint density at radius 1 is 0.882 bits per heavy atom. The van der Waals surface area contributed by atoms with Crippen molar-refractivity contribution < 1.29 is 64.2 Å². The number of aliphatic hydroxyl groups excluding tert-OH is 6. The highest BCUT2D eigenvalue weighted by molar-refractivity contribution is 5.71. The summed E-state index contributed by atoms with van der Waals surface area (Å²) in [5.41, 5.74) is 0. The van der Waals surface area contributed by atoms with Crippen LogP contribution in [0.5, 0.6) is 0 Å². The Morgan fingerprint density at radius 2 is 1.44 bits per heavy atom. The van der Waals surface area contributed by atoms with Gasteiger partial charge in [-0.2, -0.15) is 0 Å². The molecule has 0 radical (unpaired) electrons. The summed E-state index contributed by atoms with van der Waals surface area (Å²) in [6.45, 7) is 2.16. The summed E-state index contributed by atoms with van der Waals surface area (Å²) in [6.07, 6.45) is -13.3. The van der Waals surface area contributed by atoms with Crippen molar-refractivity contribution in [3.63, 3.8) is 0 Å². The zero-order valence-corrected chi connectivity index (χ0v) is 19.1. The van der Waals surface area contributed by atoms with Gasteiger partial charge in [-0.25, -0.2) is 4.79 Å². The van der Waals surface area contributed by atoms with Crippen LogP contribution in [0.15, 0.2) is 0 Å². The minimum Gasteiger partial charge on any atom is -0.479 e. The maximum absolute atomic E-state index is 11.2. The summed E-state index contributed by atoms with van der Waals surface area (Å²) in [7, 11) is 0. The SMILES string of the molecule is C[C@H](O[C@H]1[C@@H](O)[C@@H](CO)O[C@@H](O[C@@H]2CCCC[C@H]2O[C@@H]2O[C@@H](C)[C@@H](O)[C@@H](O)[C@@H]2O)[C@@H]1O)C(=O)O. The first-order valence-electron chi connectivity index (χ1n) is 11.6. The number of ether oxygens (including phenoxy) is 5. The molecule has 3 fully saturated rings. The largest absolute Gasteiger partial charge is 0.479 e. The summed E-state index contributed by atoms with van der Waals surface area (Å²) in [6, 6.07) is 0. The molecule has 13 atom stereocenters. The monoisotopic (exact) mass is 496 g/mol. The van der Waals surface area contributed by atoms with E-state index >= 15 is 0 Å². The van der Waals surface area contributed by atoms with E-state index in [1.54, 1.807) is 0 Å². The Hall–Kier alpha value is -0.970. The predicted octanol–water partition coefficient (Wildman–Crippen LogP) is -2.54. The number of aliphatic hydroxyl groups is 6. The number of carbonyl (C=O) groups is 1. The van der Waals surface area contributed by atoms with Gasteiger partial charge in [0.1, 0.15) is 42.7 Å². The van der Waals surface area contributed by atoms with Gasteiger partial charge in [0.05, 0.1) is 24.9 Å². The van der Waals surface area contributed by atoms with Crippen molar-refractivity contribution in [2.24, 2.45) is 0 Å². The molecular formula is C21H36O13. The molecule has 3 aliphatic rings. The van der Waals surface area contributed by atoms with Crippen molar-refractivity contribution in [3.05, 3.63) is 0 Å². The lowest BCUT2D eigenvalue weighted by Crippen LogP contribution is -2.62. The summed E-state index contributed by atoms with van der Waals surface area (Å²) in [4.78, 5) is 11.2. The second-order valence-corrected chi connectivity index (χ2v) is 9.10. The summed E-state index contributed by atoms with van der Waals surface area (Å²) in [5, 5.41) is 70.1. The van der Waals surface area contributed by atoms with E-state index < -0.39 is 92.3 Å². The van der Waals surface area contributed by atoms with Gasteiger partial charge in [0.25, 0.3) is 0 Å². The summed E-state index contributed by atoms with van der Waals surface area (Å²) >= 11 is 0. The quantitative estimate of drug-likeness (QED) is 0.185.